The van der Waals surface area contributed by atoms with Crippen LogP contribution in [-0.2, 0) is 19.1 Å². The monoisotopic (exact) mass is 757 g/mol. The lowest BCUT2D eigenvalue weighted by Crippen LogP contribution is -2.38. The van der Waals surface area contributed by atoms with Gasteiger partial charge in [0, 0.05) is 38.2 Å². The van der Waals surface area contributed by atoms with Crippen molar-refractivity contribution >= 4 is 57.8 Å². The number of carbonyl (C=O) groups is 3. The van der Waals surface area contributed by atoms with Crippen molar-refractivity contribution in [2.45, 2.75) is 12.5 Å². The van der Waals surface area contributed by atoms with Crippen molar-refractivity contribution < 1.29 is 52.3 Å². The Balaban J connectivity index is 1.23. The van der Waals surface area contributed by atoms with Crippen molar-refractivity contribution in [2.75, 3.05) is 71.6 Å². The molecule has 52 heavy (non-hydrogen) atoms. The molecule has 0 saturated carbocycles. The number of thioether (sulfide) groups is 1. The van der Waals surface area contributed by atoms with E-state index in [1.807, 2.05) is 0 Å². The summed E-state index contributed by atoms with van der Waals surface area (Å²) in [7, 11) is 1.36. The summed E-state index contributed by atoms with van der Waals surface area (Å²) in [6.07, 6.45) is 0.324. The normalized spacial score (nSPS) is 16.2. The number of nitrogens with one attached hydrogen (secondary N) is 1. The topological polar surface area (TPSA) is 147 Å². The summed E-state index contributed by atoms with van der Waals surface area (Å²) in [4.78, 5) is 42.4. The van der Waals surface area contributed by atoms with Crippen LogP contribution in [0.5, 0.6) is 11.5 Å². The third kappa shape index (κ3) is 10.1. The number of rotatable bonds is 15. The first-order valence-corrected chi connectivity index (χ1v) is 17.5. The van der Waals surface area contributed by atoms with Crippen LogP contribution in [0.15, 0.2) is 59.5 Å². The Bertz CT molecular complexity index is 1840. The second-order valence-electron chi connectivity index (χ2n) is 11.7. The van der Waals surface area contributed by atoms with Crippen LogP contribution in [-0.4, -0.2) is 115 Å². The van der Waals surface area contributed by atoms with Crippen LogP contribution >= 0.6 is 24.0 Å². The van der Waals surface area contributed by atoms with Crippen molar-refractivity contribution in [3.63, 3.8) is 0 Å². The Kier molecular flexibility index (Phi) is 13.7. The fourth-order valence-corrected chi connectivity index (χ4v) is 6.57. The zero-order valence-corrected chi connectivity index (χ0v) is 29.8. The summed E-state index contributed by atoms with van der Waals surface area (Å²) in [5.41, 5.74) is 1.89. The molecule has 0 spiro atoms. The largest absolute Gasteiger partial charge is 0.495 e. The number of amides is 2. The van der Waals surface area contributed by atoms with Crippen LogP contribution in [0.4, 0.5) is 14.5 Å². The smallest absolute Gasteiger partial charge is 0.338 e. The van der Waals surface area contributed by atoms with E-state index in [9.17, 15) is 28.3 Å². The van der Waals surface area contributed by atoms with Crippen molar-refractivity contribution in [3.05, 3.63) is 82.3 Å². The molecule has 0 radical (unpaired) electrons. The summed E-state index contributed by atoms with van der Waals surface area (Å²) in [6, 6.07) is 13.0. The fourth-order valence-electron chi connectivity index (χ4n) is 5.26. The van der Waals surface area contributed by atoms with E-state index in [-0.39, 0.29) is 34.3 Å². The Hall–Kier alpha value is -4.45. The highest BCUT2D eigenvalue weighted by molar-refractivity contribution is 8.26. The van der Waals surface area contributed by atoms with Gasteiger partial charge in [0.25, 0.3) is 5.91 Å². The van der Waals surface area contributed by atoms with Crippen molar-refractivity contribution in [1.82, 2.24) is 9.80 Å². The fraction of sp³-hybridized carbons (Fsp3) is 0.333. The molecule has 2 aliphatic heterocycles. The molecular weight excluding hydrogens is 721 g/mol. The lowest BCUT2D eigenvalue weighted by molar-refractivity contribution is -0.122. The maximum Gasteiger partial charge on any atom is 0.338 e. The van der Waals surface area contributed by atoms with Crippen LogP contribution in [0.1, 0.15) is 22.3 Å². The molecule has 5 rings (SSSR count). The predicted octanol–water partition coefficient (Wildman–Crippen LogP) is 4.09. The molecule has 2 heterocycles. The standard InChI is InChI=1S/C36H37F2N3O9S2/c1-47-31-19-24(35(46)50-21-25(43)20-42)4-6-29(31)39-33(44)8-9-41-34(45)32(52-36(41)51)17-22-2-7-30(49-15-12-40-10-13-48-14-11-40)26(16-22)23-3-5-27(37)28(38)18-23/h2-7,16-19,25,42-43H,8-15,20-21H2,1H3,(H,39,44). The van der Waals surface area contributed by atoms with Crippen LogP contribution in [0.3, 0.4) is 0 Å². The molecule has 0 bridgehead atoms. The third-order valence-corrected chi connectivity index (χ3v) is 9.44. The van der Waals surface area contributed by atoms with Gasteiger partial charge in [-0.2, -0.15) is 0 Å². The highest BCUT2D eigenvalue weighted by atomic mass is 32.2. The number of aliphatic hydroxyl groups excluding tert-OH is 2. The molecular formula is C36H37F2N3O9S2. The van der Waals surface area contributed by atoms with E-state index < -0.39 is 48.7 Å². The van der Waals surface area contributed by atoms with Gasteiger partial charge in [-0.25, -0.2) is 13.6 Å². The van der Waals surface area contributed by atoms with Crippen molar-refractivity contribution in [1.29, 1.82) is 0 Å². The number of hydrogen-bond donors (Lipinski definition) is 3. The number of methoxy groups -OCH3 is 1. The zero-order chi connectivity index (χ0) is 37.2. The van der Waals surface area contributed by atoms with Gasteiger partial charge in [0.1, 0.15) is 35.1 Å². The number of thiocarbonyl (C=S) groups is 1. The highest BCUT2D eigenvalue weighted by Gasteiger charge is 2.32. The number of anilines is 1. The van der Waals surface area contributed by atoms with Gasteiger partial charge in [-0.15, -0.1) is 0 Å². The summed E-state index contributed by atoms with van der Waals surface area (Å²) in [5, 5.41) is 21.0. The van der Waals surface area contributed by atoms with E-state index in [0.29, 0.717) is 53.7 Å². The van der Waals surface area contributed by atoms with E-state index in [1.165, 1.54) is 36.3 Å². The number of nitrogens with zero attached hydrogens (tertiary/aromatic N) is 2. The van der Waals surface area contributed by atoms with Gasteiger partial charge in [0.05, 0.1) is 43.1 Å². The molecule has 2 fully saturated rings. The van der Waals surface area contributed by atoms with Gasteiger partial charge < -0.3 is 34.5 Å². The summed E-state index contributed by atoms with van der Waals surface area (Å²) < 4.78 is 50.1. The number of esters is 1. The summed E-state index contributed by atoms with van der Waals surface area (Å²) in [6.45, 7) is 2.97. The van der Waals surface area contributed by atoms with Gasteiger partial charge in [-0.1, -0.05) is 36.1 Å². The minimum atomic E-state index is -1.21. The summed E-state index contributed by atoms with van der Waals surface area (Å²) in [5.74, 6) is -2.92. The highest BCUT2D eigenvalue weighted by Crippen LogP contribution is 2.36. The molecule has 3 aromatic rings. The Morgan fingerprint density at radius 1 is 1.06 bits per heavy atom. The zero-order valence-electron chi connectivity index (χ0n) is 28.1. The van der Waals surface area contributed by atoms with E-state index in [2.05, 4.69) is 10.2 Å². The second kappa shape index (κ2) is 18.3. The Morgan fingerprint density at radius 2 is 1.85 bits per heavy atom. The van der Waals surface area contributed by atoms with Gasteiger partial charge in [-0.3, -0.25) is 19.4 Å². The minimum absolute atomic E-state index is 0.0101. The van der Waals surface area contributed by atoms with Crippen LogP contribution < -0.4 is 14.8 Å². The molecule has 0 aliphatic carbocycles. The molecule has 2 saturated heterocycles. The number of aliphatic hydroxyl groups is 2. The molecule has 1 unspecified atom stereocenters. The summed E-state index contributed by atoms with van der Waals surface area (Å²) >= 11 is 6.54. The molecule has 2 amide bonds. The van der Waals surface area contributed by atoms with Gasteiger partial charge in [-0.05, 0) is 59.7 Å². The Morgan fingerprint density at radius 3 is 2.58 bits per heavy atom. The van der Waals surface area contributed by atoms with E-state index >= 15 is 0 Å². The quantitative estimate of drug-likeness (QED) is 0.117. The van der Waals surface area contributed by atoms with E-state index in [4.69, 9.17) is 36.3 Å². The molecule has 3 aromatic carbocycles. The molecule has 2 aliphatic rings. The number of morpholine rings is 1. The van der Waals surface area contributed by atoms with Crippen LogP contribution in [0, 0.1) is 11.6 Å². The predicted molar refractivity (Wildman–Crippen MR) is 194 cm³/mol. The lowest BCUT2D eigenvalue weighted by atomic mass is 10.0. The average molecular weight is 758 g/mol. The molecule has 12 nitrogen and oxygen atoms in total. The molecule has 3 N–H and O–H groups in total. The first-order chi connectivity index (χ1) is 25.1. The number of ether oxygens (including phenoxy) is 4. The maximum atomic E-state index is 14.3. The Labute approximate surface area is 308 Å². The second-order valence-corrected chi connectivity index (χ2v) is 13.3. The van der Waals surface area contributed by atoms with Crippen molar-refractivity contribution in [3.8, 4) is 22.6 Å². The number of halogens is 2. The van der Waals surface area contributed by atoms with E-state index in [0.717, 1.165) is 37.0 Å². The number of carbonyl (C=O) groups excluding carboxylic acids is 3. The molecule has 16 heteroatoms. The maximum absolute atomic E-state index is 14.3. The van der Waals surface area contributed by atoms with Crippen molar-refractivity contribution in [2.24, 2.45) is 0 Å². The number of benzene rings is 3. The first-order valence-electron chi connectivity index (χ1n) is 16.3. The minimum Gasteiger partial charge on any atom is -0.495 e. The van der Waals surface area contributed by atoms with E-state index in [1.54, 1.807) is 24.3 Å². The molecule has 276 valence electrons. The average Bonchev–Trinajstić information content (AvgIpc) is 3.42. The van der Waals surface area contributed by atoms with Crippen LogP contribution in [0.2, 0.25) is 0 Å². The molecule has 0 aromatic heterocycles. The lowest BCUT2D eigenvalue weighted by Gasteiger charge is -2.26. The number of hydrogen-bond acceptors (Lipinski definition) is 12. The van der Waals surface area contributed by atoms with Crippen LogP contribution in [0.25, 0.3) is 17.2 Å². The SMILES string of the molecule is COc1cc(C(=O)OCC(O)CO)ccc1NC(=O)CCN1C(=O)C(=Cc2ccc(OCCN3CCOCC3)c(-c3ccc(F)c(F)c3)c2)SC1=S. The van der Waals surface area contributed by atoms with Gasteiger partial charge in [0.2, 0.25) is 5.91 Å². The van der Waals surface area contributed by atoms with Gasteiger partial charge in [0.15, 0.2) is 11.6 Å². The third-order valence-electron chi connectivity index (χ3n) is 8.07. The molecule has 1 atom stereocenters. The first kappa shape index (κ1) is 38.8. The van der Waals surface area contributed by atoms with Gasteiger partial charge >= 0.3 is 5.97 Å².